The number of hydrogen-bond acceptors (Lipinski definition) is 4. The molecule has 1 aromatic heterocycles. The Morgan fingerprint density at radius 2 is 2.20 bits per heavy atom. The number of rotatable bonds is 3. The summed E-state index contributed by atoms with van der Waals surface area (Å²) in [7, 11) is 0. The van der Waals surface area contributed by atoms with Gasteiger partial charge in [0.1, 0.15) is 11.4 Å². The first kappa shape index (κ1) is 14.6. The van der Waals surface area contributed by atoms with Crippen molar-refractivity contribution in [2.45, 2.75) is 25.8 Å². The molecule has 0 aliphatic heterocycles. The molecule has 1 aromatic carbocycles. The number of aromatic nitrogens is 2. The lowest BCUT2D eigenvalue weighted by molar-refractivity contribution is 0.410. The number of aromatic amines is 1. The number of halogens is 1. The SMILES string of the molecule is CCC(C)(N)c1nc(O)c(-c2cccc(Cl)c2)c(=O)[nH]1. The second-order valence-corrected chi connectivity index (χ2v) is 5.33. The Hall–Kier alpha value is -1.85. The molecule has 0 bridgehead atoms. The van der Waals surface area contributed by atoms with Gasteiger partial charge in [0, 0.05) is 5.02 Å². The van der Waals surface area contributed by atoms with Gasteiger partial charge in [0.2, 0.25) is 5.88 Å². The van der Waals surface area contributed by atoms with Crippen LogP contribution in [0.3, 0.4) is 0 Å². The van der Waals surface area contributed by atoms with Gasteiger partial charge in [-0.15, -0.1) is 0 Å². The van der Waals surface area contributed by atoms with E-state index in [0.29, 0.717) is 17.0 Å². The van der Waals surface area contributed by atoms with Crippen LogP contribution in [-0.2, 0) is 5.54 Å². The van der Waals surface area contributed by atoms with Gasteiger partial charge in [0.15, 0.2) is 0 Å². The highest BCUT2D eigenvalue weighted by atomic mass is 35.5. The number of H-pyrrole nitrogens is 1. The van der Waals surface area contributed by atoms with Gasteiger partial charge in [-0.2, -0.15) is 4.98 Å². The molecule has 4 N–H and O–H groups in total. The zero-order valence-electron chi connectivity index (χ0n) is 11.3. The topological polar surface area (TPSA) is 92.0 Å². The molecule has 0 radical (unpaired) electrons. The molecular formula is C14H16ClN3O2. The predicted molar refractivity (Wildman–Crippen MR) is 78.8 cm³/mol. The Labute approximate surface area is 121 Å². The first-order valence-corrected chi connectivity index (χ1v) is 6.61. The molecule has 1 unspecified atom stereocenters. The van der Waals surface area contributed by atoms with E-state index >= 15 is 0 Å². The maximum Gasteiger partial charge on any atom is 0.262 e. The van der Waals surface area contributed by atoms with Crippen molar-refractivity contribution >= 4 is 11.6 Å². The number of benzene rings is 1. The van der Waals surface area contributed by atoms with Gasteiger partial charge >= 0.3 is 0 Å². The van der Waals surface area contributed by atoms with Crippen molar-refractivity contribution < 1.29 is 5.11 Å². The first-order chi connectivity index (χ1) is 9.35. The summed E-state index contributed by atoms with van der Waals surface area (Å²) in [6.45, 7) is 3.62. The van der Waals surface area contributed by atoms with Crippen LogP contribution in [0, 0.1) is 0 Å². The molecule has 0 amide bonds. The van der Waals surface area contributed by atoms with Gasteiger partial charge in [-0.1, -0.05) is 30.7 Å². The molecule has 0 spiro atoms. The van der Waals surface area contributed by atoms with E-state index in [0.717, 1.165) is 0 Å². The minimum absolute atomic E-state index is 0.0863. The Balaban J connectivity index is 2.61. The average molecular weight is 294 g/mol. The molecule has 6 heteroatoms. The van der Waals surface area contributed by atoms with Crippen molar-refractivity contribution in [3.8, 4) is 17.0 Å². The summed E-state index contributed by atoms with van der Waals surface area (Å²) in [5, 5.41) is 10.5. The van der Waals surface area contributed by atoms with Crippen LogP contribution in [0.4, 0.5) is 0 Å². The number of nitrogens with two attached hydrogens (primary N) is 1. The van der Waals surface area contributed by atoms with Crippen LogP contribution in [0.2, 0.25) is 5.02 Å². The van der Waals surface area contributed by atoms with E-state index in [1.54, 1.807) is 31.2 Å². The Morgan fingerprint density at radius 3 is 2.75 bits per heavy atom. The number of aromatic hydroxyl groups is 1. The third-order valence-corrected chi connectivity index (χ3v) is 3.52. The van der Waals surface area contributed by atoms with E-state index in [9.17, 15) is 9.90 Å². The second-order valence-electron chi connectivity index (χ2n) is 4.89. The van der Waals surface area contributed by atoms with E-state index in [-0.39, 0.29) is 17.3 Å². The summed E-state index contributed by atoms with van der Waals surface area (Å²) in [5.41, 5.74) is 5.37. The highest BCUT2D eigenvalue weighted by Gasteiger charge is 2.24. The zero-order chi connectivity index (χ0) is 14.9. The molecule has 0 aliphatic rings. The number of nitrogens with zero attached hydrogens (tertiary/aromatic N) is 1. The standard InChI is InChI=1S/C14H16ClN3O2/c1-3-14(2,16)13-17-11(19)10(12(20)18-13)8-5-4-6-9(15)7-8/h4-7H,3,16H2,1-2H3,(H2,17,18,19,20). The highest BCUT2D eigenvalue weighted by Crippen LogP contribution is 2.27. The Bertz CT molecular complexity index is 695. The molecule has 0 aliphatic carbocycles. The van der Waals surface area contributed by atoms with Gasteiger partial charge < -0.3 is 15.8 Å². The highest BCUT2D eigenvalue weighted by molar-refractivity contribution is 6.30. The molecule has 1 atom stereocenters. The van der Waals surface area contributed by atoms with Crippen LogP contribution < -0.4 is 11.3 Å². The fraction of sp³-hybridized carbons (Fsp3) is 0.286. The number of nitrogens with one attached hydrogen (secondary N) is 1. The summed E-state index contributed by atoms with van der Waals surface area (Å²) < 4.78 is 0. The van der Waals surface area contributed by atoms with Crippen LogP contribution in [0.1, 0.15) is 26.1 Å². The van der Waals surface area contributed by atoms with Gasteiger partial charge in [0.05, 0.1) is 5.54 Å². The predicted octanol–water partition coefficient (Wildman–Crippen LogP) is 2.38. The molecule has 5 nitrogen and oxygen atoms in total. The van der Waals surface area contributed by atoms with Crippen LogP contribution in [0.5, 0.6) is 5.88 Å². The third-order valence-electron chi connectivity index (χ3n) is 3.29. The lowest BCUT2D eigenvalue weighted by Gasteiger charge is -2.21. The van der Waals surface area contributed by atoms with Crippen LogP contribution in [0.25, 0.3) is 11.1 Å². The van der Waals surface area contributed by atoms with E-state index in [1.165, 1.54) is 0 Å². The van der Waals surface area contributed by atoms with Crippen molar-refractivity contribution in [1.29, 1.82) is 0 Å². The van der Waals surface area contributed by atoms with Crippen LogP contribution >= 0.6 is 11.6 Å². The van der Waals surface area contributed by atoms with E-state index < -0.39 is 11.1 Å². The van der Waals surface area contributed by atoms with Crippen molar-refractivity contribution in [2.75, 3.05) is 0 Å². The summed E-state index contributed by atoms with van der Waals surface area (Å²) in [6, 6.07) is 6.66. The van der Waals surface area contributed by atoms with Crippen molar-refractivity contribution in [2.24, 2.45) is 5.73 Å². The van der Waals surface area contributed by atoms with Gasteiger partial charge in [-0.3, -0.25) is 4.79 Å². The average Bonchev–Trinajstić information content (AvgIpc) is 2.38. The molecular weight excluding hydrogens is 278 g/mol. The zero-order valence-corrected chi connectivity index (χ0v) is 12.0. The molecule has 0 fully saturated rings. The molecule has 1 heterocycles. The second kappa shape index (κ2) is 5.26. The molecule has 2 rings (SSSR count). The fourth-order valence-electron chi connectivity index (χ4n) is 1.80. The van der Waals surface area contributed by atoms with Crippen molar-refractivity contribution in [1.82, 2.24) is 9.97 Å². The van der Waals surface area contributed by atoms with Gasteiger partial charge in [-0.25, -0.2) is 0 Å². The summed E-state index contributed by atoms with van der Waals surface area (Å²) in [6.07, 6.45) is 0.575. The van der Waals surface area contributed by atoms with E-state index in [4.69, 9.17) is 17.3 Å². The van der Waals surface area contributed by atoms with E-state index in [2.05, 4.69) is 9.97 Å². The Morgan fingerprint density at radius 1 is 1.50 bits per heavy atom. The quantitative estimate of drug-likeness (QED) is 0.810. The number of hydrogen-bond donors (Lipinski definition) is 3. The maximum absolute atomic E-state index is 12.2. The third kappa shape index (κ3) is 2.69. The van der Waals surface area contributed by atoms with Crippen molar-refractivity contribution in [3.05, 3.63) is 45.5 Å². The van der Waals surface area contributed by atoms with Crippen LogP contribution in [0.15, 0.2) is 29.1 Å². The minimum Gasteiger partial charge on any atom is -0.493 e. The monoisotopic (exact) mass is 293 g/mol. The van der Waals surface area contributed by atoms with E-state index in [1.807, 2.05) is 6.92 Å². The Kier molecular flexibility index (Phi) is 3.83. The smallest absolute Gasteiger partial charge is 0.262 e. The van der Waals surface area contributed by atoms with Gasteiger partial charge in [0.25, 0.3) is 5.56 Å². The van der Waals surface area contributed by atoms with Gasteiger partial charge in [-0.05, 0) is 31.0 Å². The molecule has 0 saturated heterocycles. The summed E-state index contributed by atoms with van der Waals surface area (Å²) >= 11 is 5.89. The lowest BCUT2D eigenvalue weighted by atomic mass is 9.99. The fourth-order valence-corrected chi connectivity index (χ4v) is 1.99. The minimum atomic E-state index is -0.802. The summed E-state index contributed by atoms with van der Waals surface area (Å²) in [5.74, 6) is -0.0931. The summed E-state index contributed by atoms with van der Waals surface area (Å²) in [4.78, 5) is 18.8. The first-order valence-electron chi connectivity index (χ1n) is 6.23. The van der Waals surface area contributed by atoms with Crippen molar-refractivity contribution in [3.63, 3.8) is 0 Å². The maximum atomic E-state index is 12.2. The normalized spacial score (nSPS) is 14.0. The molecule has 0 saturated carbocycles. The molecule has 20 heavy (non-hydrogen) atoms. The largest absolute Gasteiger partial charge is 0.493 e. The molecule has 2 aromatic rings. The molecule has 106 valence electrons. The lowest BCUT2D eigenvalue weighted by Crippen LogP contribution is -2.36. The van der Waals surface area contributed by atoms with Crippen LogP contribution in [-0.4, -0.2) is 15.1 Å².